The van der Waals surface area contributed by atoms with Gasteiger partial charge in [-0.1, -0.05) is 141 Å². The molecule has 0 aliphatic heterocycles. The van der Waals surface area contributed by atoms with E-state index in [1.165, 1.54) is 117 Å². The summed E-state index contributed by atoms with van der Waals surface area (Å²) in [6.45, 7) is 5.64. The number of carbonyl (C=O) groups excluding carboxylic acids is 4. The minimum absolute atomic E-state index is 0.188. The molecular weight excluding hydrogens is 584 g/mol. The summed E-state index contributed by atoms with van der Waals surface area (Å²) in [6.07, 6.45) is 30.3. The fourth-order valence-electron chi connectivity index (χ4n) is 5.58. The molecule has 0 N–H and O–H groups in total. The molecule has 0 saturated heterocycles. The van der Waals surface area contributed by atoms with Crippen LogP contribution in [0.3, 0.4) is 0 Å². The van der Waals surface area contributed by atoms with E-state index in [1.54, 1.807) is 6.92 Å². The Kier molecular flexibility index (Phi) is 32.6. The summed E-state index contributed by atoms with van der Waals surface area (Å²) in [5, 5.41) is 0. The zero-order valence-electron chi connectivity index (χ0n) is 30.1. The van der Waals surface area contributed by atoms with Crippen LogP contribution in [0.15, 0.2) is 0 Å². The second-order valence-corrected chi connectivity index (χ2v) is 12.9. The lowest BCUT2D eigenvalue weighted by Crippen LogP contribution is -2.21. The molecule has 0 aromatic heterocycles. The van der Waals surface area contributed by atoms with Crippen molar-refractivity contribution >= 4 is 23.9 Å². The molecule has 46 heavy (non-hydrogen) atoms. The normalized spacial score (nSPS) is 11.0. The summed E-state index contributed by atoms with van der Waals surface area (Å²) in [7, 11) is 0. The molecule has 0 rings (SSSR count). The van der Waals surface area contributed by atoms with Crippen LogP contribution >= 0.6 is 0 Å². The van der Waals surface area contributed by atoms with E-state index in [2.05, 4.69) is 0 Å². The van der Waals surface area contributed by atoms with Gasteiger partial charge in [-0.2, -0.15) is 0 Å². The van der Waals surface area contributed by atoms with Crippen LogP contribution in [0.1, 0.15) is 201 Å². The molecule has 8 heteroatoms. The fourth-order valence-corrected chi connectivity index (χ4v) is 5.58. The summed E-state index contributed by atoms with van der Waals surface area (Å²) >= 11 is 0. The van der Waals surface area contributed by atoms with Crippen molar-refractivity contribution in [3.05, 3.63) is 0 Å². The van der Waals surface area contributed by atoms with Crippen molar-refractivity contribution in [2.75, 3.05) is 13.2 Å². The van der Waals surface area contributed by atoms with Crippen LogP contribution in [-0.2, 0) is 38.1 Å². The molecule has 0 saturated carbocycles. The molecule has 0 aromatic carbocycles. The molecule has 8 nitrogen and oxygen atoms in total. The fraction of sp³-hybridized carbons (Fsp3) is 0.895. The van der Waals surface area contributed by atoms with E-state index in [1.807, 2.05) is 0 Å². The second kappa shape index (κ2) is 34.2. The van der Waals surface area contributed by atoms with Gasteiger partial charge in [0.05, 0.1) is 13.2 Å². The van der Waals surface area contributed by atoms with Crippen LogP contribution in [0.25, 0.3) is 0 Å². The Morgan fingerprint density at radius 3 is 0.826 bits per heavy atom. The van der Waals surface area contributed by atoms with Crippen LogP contribution in [-0.4, -0.2) is 43.4 Å². The molecule has 0 bridgehead atoms. The van der Waals surface area contributed by atoms with Crippen LogP contribution in [0.5, 0.6) is 0 Å². The monoisotopic (exact) mass is 655 g/mol. The number of esters is 4. The first-order chi connectivity index (χ1) is 22.3. The Hall–Kier alpha value is -2.12. The summed E-state index contributed by atoms with van der Waals surface area (Å²) in [5.74, 6) is -0.954. The lowest BCUT2D eigenvalue weighted by Gasteiger charge is -2.14. The van der Waals surface area contributed by atoms with Crippen molar-refractivity contribution in [1.82, 2.24) is 0 Å². The van der Waals surface area contributed by atoms with E-state index in [0.717, 1.165) is 64.2 Å². The van der Waals surface area contributed by atoms with Crippen LogP contribution in [0, 0.1) is 0 Å². The topological polar surface area (TPSA) is 105 Å². The lowest BCUT2D eigenvalue weighted by atomic mass is 10.0. The van der Waals surface area contributed by atoms with Gasteiger partial charge in [0.2, 0.25) is 6.29 Å². The van der Waals surface area contributed by atoms with Gasteiger partial charge in [-0.3, -0.25) is 19.2 Å². The molecule has 0 unspecified atom stereocenters. The lowest BCUT2D eigenvalue weighted by molar-refractivity contribution is -0.184. The maximum Gasteiger partial charge on any atom is 0.308 e. The smallest absolute Gasteiger partial charge is 0.308 e. The third-order valence-electron chi connectivity index (χ3n) is 8.26. The third-order valence-corrected chi connectivity index (χ3v) is 8.26. The van der Waals surface area contributed by atoms with Crippen LogP contribution < -0.4 is 0 Å². The van der Waals surface area contributed by atoms with Gasteiger partial charge in [-0.25, -0.2) is 0 Å². The third kappa shape index (κ3) is 36.3. The quantitative estimate of drug-likeness (QED) is 0.0292. The highest BCUT2D eigenvalue weighted by Gasteiger charge is 2.13. The Morgan fingerprint density at radius 1 is 0.370 bits per heavy atom. The van der Waals surface area contributed by atoms with Gasteiger partial charge in [-0.15, -0.1) is 0 Å². The molecule has 0 aromatic rings. The standard InChI is InChI=1S/C38H70O8/c1-34(39)43-32-28-24-20-16-12-8-4-6-10-14-18-22-26-30-37(41)45-36(3)46-38(42)31-27-23-19-15-11-7-5-9-13-17-21-25-29-33-44-35(2)40/h36H,4-33H2,1-3H3. The number of ether oxygens (including phenoxy) is 4. The Labute approximate surface area is 281 Å². The van der Waals surface area contributed by atoms with E-state index >= 15 is 0 Å². The summed E-state index contributed by atoms with van der Waals surface area (Å²) in [4.78, 5) is 45.6. The molecule has 0 fully saturated rings. The number of unbranched alkanes of at least 4 members (excludes halogenated alkanes) is 24. The first-order valence-electron chi connectivity index (χ1n) is 19.0. The Morgan fingerprint density at radius 2 is 0.587 bits per heavy atom. The predicted octanol–water partition coefficient (Wildman–Crippen LogP) is 10.5. The highest BCUT2D eigenvalue weighted by Crippen LogP contribution is 2.15. The second-order valence-electron chi connectivity index (χ2n) is 12.9. The van der Waals surface area contributed by atoms with Crippen molar-refractivity contribution in [3.8, 4) is 0 Å². The maximum absolute atomic E-state index is 12.1. The van der Waals surface area contributed by atoms with Gasteiger partial charge in [0, 0.05) is 33.6 Å². The largest absolute Gasteiger partial charge is 0.466 e. The van der Waals surface area contributed by atoms with Crippen molar-refractivity contribution in [2.45, 2.75) is 207 Å². The van der Waals surface area contributed by atoms with Gasteiger partial charge in [-0.05, 0) is 25.7 Å². The van der Waals surface area contributed by atoms with E-state index < -0.39 is 6.29 Å². The summed E-state index contributed by atoms with van der Waals surface area (Å²) in [6, 6.07) is 0. The number of hydrogen-bond donors (Lipinski definition) is 0. The number of rotatable bonds is 34. The summed E-state index contributed by atoms with van der Waals surface area (Å²) in [5.41, 5.74) is 0. The zero-order valence-corrected chi connectivity index (χ0v) is 30.1. The average Bonchev–Trinajstić information content (AvgIpc) is 3.00. The maximum atomic E-state index is 12.1. The minimum Gasteiger partial charge on any atom is -0.466 e. The summed E-state index contributed by atoms with van der Waals surface area (Å²) < 4.78 is 20.4. The molecular formula is C38H70O8. The SMILES string of the molecule is CC(=O)OCCCCCCCCCCCCCCCC(=O)OC(C)OC(=O)CCCCCCCCCCCCCCCOC(C)=O. The molecule has 270 valence electrons. The molecule has 0 aliphatic carbocycles. The molecule has 0 spiro atoms. The zero-order chi connectivity index (χ0) is 33.9. The van der Waals surface area contributed by atoms with Crippen molar-refractivity contribution in [3.63, 3.8) is 0 Å². The van der Waals surface area contributed by atoms with Crippen LogP contribution in [0.4, 0.5) is 0 Å². The van der Waals surface area contributed by atoms with E-state index in [-0.39, 0.29) is 23.9 Å². The van der Waals surface area contributed by atoms with E-state index in [4.69, 9.17) is 18.9 Å². The average molecular weight is 655 g/mol. The number of carbonyl (C=O) groups is 4. The number of hydrogen-bond acceptors (Lipinski definition) is 8. The molecule has 0 amide bonds. The Bertz CT molecular complexity index is 678. The first-order valence-corrected chi connectivity index (χ1v) is 19.0. The van der Waals surface area contributed by atoms with Crippen molar-refractivity contribution in [2.24, 2.45) is 0 Å². The highest BCUT2D eigenvalue weighted by atomic mass is 16.7. The first kappa shape index (κ1) is 43.9. The minimum atomic E-state index is -0.818. The van der Waals surface area contributed by atoms with Crippen molar-refractivity contribution in [1.29, 1.82) is 0 Å². The van der Waals surface area contributed by atoms with E-state index in [9.17, 15) is 19.2 Å². The van der Waals surface area contributed by atoms with Crippen LogP contribution in [0.2, 0.25) is 0 Å². The van der Waals surface area contributed by atoms with Gasteiger partial charge in [0.25, 0.3) is 0 Å². The molecule has 0 radical (unpaired) electrons. The Balaban J connectivity index is 3.39. The highest BCUT2D eigenvalue weighted by molar-refractivity contribution is 5.71. The molecule has 0 heterocycles. The molecule has 0 atom stereocenters. The van der Waals surface area contributed by atoms with Gasteiger partial charge in [0.1, 0.15) is 0 Å². The van der Waals surface area contributed by atoms with Gasteiger partial charge >= 0.3 is 23.9 Å². The predicted molar refractivity (Wildman–Crippen MR) is 184 cm³/mol. The van der Waals surface area contributed by atoms with Crippen molar-refractivity contribution < 1.29 is 38.1 Å². The molecule has 0 aliphatic rings. The van der Waals surface area contributed by atoms with E-state index in [0.29, 0.717) is 26.1 Å². The van der Waals surface area contributed by atoms with Gasteiger partial charge in [0.15, 0.2) is 0 Å². The van der Waals surface area contributed by atoms with Gasteiger partial charge < -0.3 is 18.9 Å².